The first-order valence-corrected chi connectivity index (χ1v) is 23.4. The Hall–Kier alpha value is -3.85. The molecular weight excluding hydrogens is 774 g/mol. The Morgan fingerprint density at radius 3 is 1.55 bits per heavy atom. The Balaban J connectivity index is 4.48. The van der Waals surface area contributed by atoms with Gasteiger partial charge in [0.15, 0.2) is 6.10 Å². The van der Waals surface area contributed by atoms with Gasteiger partial charge in [-0.05, 0) is 77.0 Å². The molecule has 0 radical (unpaired) electrons. The third-order valence-electron chi connectivity index (χ3n) is 8.29. The zero-order chi connectivity index (χ0) is 44.3. The largest absolute Gasteiger partial charge is 0.756 e. The van der Waals surface area contributed by atoms with E-state index in [2.05, 4.69) is 92.8 Å². The van der Waals surface area contributed by atoms with E-state index in [0.717, 1.165) is 70.6 Å². The Morgan fingerprint density at radius 2 is 1.00 bits per heavy atom. The molecule has 0 aromatic carbocycles. The van der Waals surface area contributed by atoms with Gasteiger partial charge in [0.1, 0.15) is 19.8 Å². The molecule has 336 valence electrons. The number of phosphoric ester groups is 1. The van der Waals surface area contributed by atoms with Crippen LogP contribution in [0.4, 0.5) is 0 Å². The molecule has 0 saturated carbocycles. The van der Waals surface area contributed by atoms with E-state index in [-0.39, 0.29) is 26.1 Å². The summed E-state index contributed by atoms with van der Waals surface area (Å²) in [5.41, 5.74) is 0. The lowest BCUT2D eigenvalue weighted by Crippen LogP contribution is -2.37. The number of nitrogens with zero attached hydrogens (tertiary/aromatic N) is 1. The molecule has 0 bridgehead atoms. The fraction of sp³-hybridized carbons (Fsp3) is 0.520. The number of likely N-dealkylation sites (N-methyl/N-ethyl adjacent to an activating group) is 1. The van der Waals surface area contributed by atoms with Crippen LogP contribution in [0.1, 0.15) is 117 Å². The monoisotopic (exact) mass is 852 g/mol. The maximum atomic E-state index is 12.6. The lowest BCUT2D eigenvalue weighted by molar-refractivity contribution is -0.870. The number of rotatable bonds is 37. The molecule has 0 heterocycles. The second kappa shape index (κ2) is 40.6. The lowest BCUT2D eigenvalue weighted by atomic mass is 10.1. The average Bonchev–Trinajstić information content (AvgIpc) is 3.20. The molecule has 0 aromatic rings. The SMILES string of the molecule is CC/C=C/C=C/C=C/C=C/C=C/CCCC(=O)OC(COC(=O)CCCCCC/C=C/C/C=C/C/C=C/C/C=C/C/C=C/C/C=C/CC)COP(=O)([O-])OCC[N+](C)(C)C. The molecule has 0 spiro atoms. The van der Waals surface area contributed by atoms with Crippen LogP contribution in [0.3, 0.4) is 0 Å². The van der Waals surface area contributed by atoms with Crippen LogP contribution in [0.5, 0.6) is 0 Å². The summed E-state index contributed by atoms with van der Waals surface area (Å²) in [6.45, 7) is 3.80. The van der Waals surface area contributed by atoms with Gasteiger partial charge in [-0.15, -0.1) is 0 Å². The number of phosphoric acid groups is 1. The van der Waals surface area contributed by atoms with Crippen LogP contribution in [0, 0.1) is 0 Å². The molecular formula is C50H78NO8P. The summed E-state index contributed by atoms with van der Waals surface area (Å²) in [4.78, 5) is 37.5. The zero-order valence-electron chi connectivity index (χ0n) is 37.6. The van der Waals surface area contributed by atoms with E-state index in [9.17, 15) is 19.0 Å². The van der Waals surface area contributed by atoms with E-state index in [0.29, 0.717) is 30.3 Å². The van der Waals surface area contributed by atoms with E-state index in [1.54, 1.807) is 0 Å². The number of hydrogen-bond donors (Lipinski definition) is 0. The molecule has 0 N–H and O–H groups in total. The van der Waals surface area contributed by atoms with Crippen LogP contribution < -0.4 is 4.89 Å². The molecule has 0 aliphatic heterocycles. The quantitative estimate of drug-likeness (QED) is 0.0152. The molecule has 2 unspecified atom stereocenters. The van der Waals surface area contributed by atoms with Gasteiger partial charge in [0.25, 0.3) is 7.82 Å². The van der Waals surface area contributed by atoms with E-state index in [1.807, 2.05) is 75.8 Å². The first-order valence-electron chi connectivity index (χ1n) is 22.0. The molecule has 0 aromatic heterocycles. The van der Waals surface area contributed by atoms with Crippen LogP contribution in [-0.2, 0) is 32.7 Å². The number of esters is 2. The van der Waals surface area contributed by atoms with Crippen molar-refractivity contribution in [2.24, 2.45) is 0 Å². The van der Waals surface area contributed by atoms with E-state index >= 15 is 0 Å². The smallest absolute Gasteiger partial charge is 0.306 e. The van der Waals surface area contributed by atoms with Gasteiger partial charge >= 0.3 is 11.9 Å². The maximum Gasteiger partial charge on any atom is 0.306 e. The number of ether oxygens (including phenoxy) is 2. The van der Waals surface area contributed by atoms with Gasteiger partial charge in [0, 0.05) is 12.8 Å². The number of allylic oxidation sites excluding steroid dienone is 22. The van der Waals surface area contributed by atoms with Crippen molar-refractivity contribution in [2.45, 2.75) is 123 Å². The van der Waals surface area contributed by atoms with Crippen molar-refractivity contribution in [3.63, 3.8) is 0 Å². The van der Waals surface area contributed by atoms with Crippen molar-refractivity contribution in [3.05, 3.63) is 134 Å². The number of carbonyl (C=O) groups excluding carboxylic acids is 2. The highest BCUT2D eigenvalue weighted by Crippen LogP contribution is 2.38. The van der Waals surface area contributed by atoms with Crippen LogP contribution in [0.15, 0.2) is 134 Å². The van der Waals surface area contributed by atoms with Crippen molar-refractivity contribution >= 4 is 19.8 Å². The second-order valence-electron chi connectivity index (χ2n) is 15.1. The normalized spacial score (nSPS) is 14.8. The standard InChI is InChI=1S/C50H78NO8P/c1-6-8-10-12-14-16-18-20-21-22-23-24-25-26-27-28-29-31-32-34-36-38-40-42-49(52)56-46-48(47-58-60(54,55)57-45-44-51(3,4)5)59-50(53)43-41-39-37-35-33-30-19-17-15-13-11-9-7-2/h8-11,13-17,19-21,23-24,26-27,29-31,33,35,37,48H,6-7,12,18,22,25,28,32,34,36,38-47H2,1-5H3/b10-8+,11-9+,15-13+,16-14+,19-17+,21-20+,24-23+,27-26+,31-29+,33-30+,37-35+. The summed E-state index contributed by atoms with van der Waals surface area (Å²) in [7, 11) is 1.07. The maximum absolute atomic E-state index is 12.6. The third-order valence-corrected chi connectivity index (χ3v) is 9.26. The van der Waals surface area contributed by atoms with Gasteiger partial charge in [-0.2, -0.15) is 0 Å². The van der Waals surface area contributed by atoms with Gasteiger partial charge in [-0.3, -0.25) is 14.2 Å². The van der Waals surface area contributed by atoms with Crippen molar-refractivity contribution < 1.29 is 42.1 Å². The fourth-order valence-electron chi connectivity index (χ4n) is 4.92. The predicted molar refractivity (Wildman–Crippen MR) is 249 cm³/mol. The first-order chi connectivity index (χ1) is 29.0. The lowest BCUT2D eigenvalue weighted by Gasteiger charge is -2.28. The molecule has 0 aliphatic rings. The second-order valence-corrected chi connectivity index (χ2v) is 16.5. The minimum Gasteiger partial charge on any atom is -0.756 e. The Bertz CT molecular complexity index is 1470. The summed E-state index contributed by atoms with van der Waals surface area (Å²) < 4.78 is 33.7. The molecule has 0 amide bonds. The molecule has 2 atom stereocenters. The molecule has 0 rings (SSSR count). The molecule has 0 saturated heterocycles. The van der Waals surface area contributed by atoms with Gasteiger partial charge in [-0.1, -0.05) is 160 Å². The van der Waals surface area contributed by atoms with Crippen LogP contribution in [-0.4, -0.2) is 70.0 Å². The number of carbonyl (C=O) groups is 2. The van der Waals surface area contributed by atoms with Crippen molar-refractivity contribution in [1.82, 2.24) is 0 Å². The van der Waals surface area contributed by atoms with Gasteiger partial charge in [-0.25, -0.2) is 0 Å². The Morgan fingerprint density at radius 1 is 0.533 bits per heavy atom. The van der Waals surface area contributed by atoms with Crippen LogP contribution in [0.25, 0.3) is 0 Å². The topological polar surface area (TPSA) is 111 Å². The molecule has 0 aliphatic carbocycles. The molecule has 60 heavy (non-hydrogen) atoms. The zero-order valence-corrected chi connectivity index (χ0v) is 38.5. The highest BCUT2D eigenvalue weighted by Gasteiger charge is 2.21. The third kappa shape index (κ3) is 43.7. The van der Waals surface area contributed by atoms with Crippen molar-refractivity contribution in [3.8, 4) is 0 Å². The number of hydrogen-bond acceptors (Lipinski definition) is 8. The first kappa shape index (κ1) is 56.1. The van der Waals surface area contributed by atoms with Crippen molar-refractivity contribution in [1.29, 1.82) is 0 Å². The van der Waals surface area contributed by atoms with Gasteiger partial charge in [0.2, 0.25) is 0 Å². The molecule has 10 heteroatoms. The predicted octanol–water partition coefficient (Wildman–Crippen LogP) is 12.0. The highest BCUT2D eigenvalue weighted by molar-refractivity contribution is 7.45. The highest BCUT2D eigenvalue weighted by atomic mass is 31.2. The molecule has 0 fully saturated rings. The Labute approximate surface area is 364 Å². The van der Waals surface area contributed by atoms with Crippen LogP contribution in [0.2, 0.25) is 0 Å². The van der Waals surface area contributed by atoms with E-state index < -0.39 is 32.5 Å². The average molecular weight is 852 g/mol. The summed E-state index contributed by atoms with van der Waals surface area (Å²) in [6.07, 6.45) is 57.9. The minimum atomic E-state index is -4.66. The summed E-state index contributed by atoms with van der Waals surface area (Å²) >= 11 is 0. The number of quaternary nitrogens is 1. The fourth-order valence-corrected chi connectivity index (χ4v) is 5.65. The van der Waals surface area contributed by atoms with E-state index in [4.69, 9.17) is 18.5 Å². The van der Waals surface area contributed by atoms with E-state index in [1.165, 1.54) is 0 Å². The van der Waals surface area contributed by atoms with Crippen LogP contribution >= 0.6 is 7.82 Å². The summed E-state index contributed by atoms with van der Waals surface area (Å²) in [5, 5.41) is 0. The van der Waals surface area contributed by atoms with Crippen molar-refractivity contribution in [2.75, 3.05) is 47.5 Å². The van der Waals surface area contributed by atoms with Gasteiger partial charge < -0.3 is 27.9 Å². The molecule has 9 nitrogen and oxygen atoms in total. The summed E-state index contributed by atoms with van der Waals surface area (Å²) in [5.74, 6) is -0.969. The minimum absolute atomic E-state index is 0.0577. The number of unbranched alkanes of at least 4 members (excludes halogenated alkanes) is 5. The Kier molecular flexibility index (Phi) is 37.9. The van der Waals surface area contributed by atoms with Gasteiger partial charge in [0.05, 0.1) is 27.7 Å². The summed E-state index contributed by atoms with van der Waals surface area (Å²) in [6, 6.07) is 0.